The lowest BCUT2D eigenvalue weighted by atomic mass is 10.3. The summed E-state index contributed by atoms with van der Waals surface area (Å²) in [7, 11) is 0. The number of aromatic amines is 1. The first-order valence-corrected chi connectivity index (χ1v) is 5.58. The lowest BCUT2D eigenvalue weighted by molar-refractivity contribution is 0.102. The maximum Gasteiger partial charge on any atom is 0.276 e. The molecule has 2 N–H and O–H groups in total. The van der Waals surface area contributed by atoms with Gasteiger partial charge in [-0.05, 0) is 34.1 Å². The van der Waals surface area contributed by atoms with Gasteiger partial charge >= 0.3 is 0 Å². The number of H-pyrrole nitrogens is 1. The van der Waals surface area contributed by atoms with Gasteiger partial charge in [0.2, 0.25) is 0 Å². The Bertz CT molecular complexity index is 589. The molecule has 6 heteroatoms. The molecule has 0 aliphatic heterocycles. The van der Waals surface area contributed by atoms with Gasteiger partial charge in [-0.15, -0.1) is 0 Å². The Hall–Kier alpha value is -1.95. The zero-order valence-corrected chi connectivity index (χ0v) is 10.2. The van der Waals surface area contributed by atoms with E-state index in [1.54, 1.807) is 12.1 Å². The van der Waals surface area contributed by atoms with E-state index < -0.39 is 0 Å². The van der Waals surface area contributed by atoms with E-state index in [1.165, 1.54) is 12.1 Å². The van der Waals surface area contributed by atoms with Crippen LogP contribution in [0.4, 0.5) is 5.69 Å². The van der Waals surface area contributed by atoms with E-state index >= 15 is 0 Å². The monoisotopic (exact) mass is 293 g/mol. The van der Waals surface area contributed by atoms with Crippen molar-refractivity contribution in [3.05, 3.63) is 56.9 Å². The Morgan fingerprint density at radius 1 is 1.24 bits per heavy atom. The van der Waals surface area contributed by atoms with E-state index in [0.29, 0.717) is 5.69 Å². The van der Waals surface area contributed by atoms with Crippen LogP contribution in [0.3, 0.4) is 0 Å². The van der Waals surface area contributed by atoms with Crippen molar-refractivity contribution in [1.29, 1.82) is 0 Å². The van der Waals surface area contributed by atoms with E-state index in [1.807, 2.05) is 12.1 Å². The van der Waals surface area contributed by atoms with Gasteiger partial charge in [0.15, 0.2) is 0 Å². The molecule has 0 aliphatic carbocycles. The maximum absolute atomic E-state index is 11.8. The molecular formula is C11H8BrN3O2. The van der Waals surface area contributed by atoms with Gasteiger partial charge in [-0.1, -0.05) is 12.1 Å². The third kappa shape index (κ3) is 2.79. The molecule has 1 aromatic heterocycles. The molecule has 0 spiro atoms. The first-order chi connectivity index (χ1) is 8.16. The summed E-state index contributed by atoms with van der Waals surface area (Å²) in [5.74, 6) is -0.381. The summed E-state index contributed by atoms with van der Waals surface area (Å²) in [4.78, 5) is 22.6. The number of halogens is 1. The van der Waals surface area contributed by atoms with Crippen LogP contribution in [0.25, 0.3) is 0 Å². The van der Waals surface area contributed by atoms with Gasteiger partial charge in [0.1, 0.15) is 5.69 Å². The molecule has 0 bridgehead atoms. The molecule has 5 nitrogen and oxygen atoms in total. The van der Waals surface area contributed by atoms with Crippen LogP contribution in [0, 0.1) is 0 Å². The van der Waals surface area contributed by atoms with E-state index in [9.17, 15) is 9.59 Å². The van der Waals surface area contributed by atoms with E-state index in [-0.39, 0.29) is 17.2 Å². The van der Waals surface area contributed by atoms with Crippen molar-refractivity contribution >= 4 is 27.5 Å². The normalized spacial score (nSPS) is 9.94. The molecule has 86 valence electrons. The van der Waals surface area contributed by atoms with Crippen LogP contribution in [0.2, 0.25) is 0 Å². The Balaban J connectivity index is 2.20. The molecule has 0 unspecified atom stereocenters. The van der Waals surface area contributed by atoms with Crippen LogP contribution in [-0.4, -0.2) is 16.1 Å². The van der Waals surface area contributed by atoms with Crippen molar-refractivity contribution in [2.45, 2.75) is 0 Å². The fourth-order valence-electron chi connectivity index (χ4n) is 1.22. The topological polar surface area (TPSA) is 74.8 Å². The predicted octanol–water partition coefficient (Wildman–Crippen LogP) is 1.78. The minimum Gasteiger partial charge on any atom is -0.320 e. The molecule has 1 aromatic carbocycles. The highest BCUT2D eigenvalue weighted by Gasteiger charge is 2.09. The summed E-state index contributed by atoms with van der Waals surface area (Å²) in [5.41, 5.74) is 0.452. The summed E-state index contributed by atoms with van der Waals surface area (Å²) in [6.07, 6.45) is 0. The lowest BCUT2D eigenvalue weighted by Crippen LogP contribution is -2.17. The highest BCUT2D eigenvalue weighted by atomic mass is 79.9. The predicted molar refractivity (Wildman–Crippen MR) is 67.0 cm³/mol. The molecular weight excluding hydrogens is 286 g/mol. The number of carbonyl (C=O) groups excluding carboxylic acids is 1. The lowest BCUT2D eigenvalue weighted by Gasteiger charge is -2.05. The van der Waals surface area contributed by atoms with Crippen LogP contribution in [-0.2, 0) is 0 Å². The van der Waals surface area contributed by atoms with Gasteiger partial charge in [-0.2, -0.15) is 5.10 Å². The van der Waals surface area contributed by atoms with Crippen molar-refractivity contribution in [2.24, 2.45) is 0 Å². The molecule has 1 heterocycles. The van der Waals surface area contributed by atoms with Crippen LogP contribution >= 0.6 is 15.9 Å². The fraction of sp³-hybridized carbons (Fsp3) is 0. The van der Waals surface area contributed by atoms with Crippen LogP contribution in [0.5, 0.6) is 0 Å². The number of anilines is 1. The smallest absolute Gasteiger partial charge is 0.276 e. The minimum atomic E-state index is -0.381. The van der Waals surface area contributed by atoms with Crippen LogP contribution < -0.4 is 10.9 Å². The van der Waals surface area contributed by atoms with E-state index in [4.69, 9.17) is 0 Å². The zero-order chi connectivity index (χ0) is 12.3. The summed E-state index contributed by atoms with van der Waals surface area (Å²) in [6, 6.07) is 9.84. The average molecular weight is 294 g/mol. The number of hydrogen-bond acceptors (Lipinski definition) is 3. The Morgan fingerprint density at radius 3 is 2.65 bits per heavy atom. The second-order valence-corrected chi connectivity index (χ2v) is 4.09. The molecule has 0 saturated carbocycles. The van der Waals surface area contributed by atoms with Crippen molar-refractivity contribution < 1.29 is 4.79 Å². The quantitative estimate of drug-likeness (QED) is 0.886. The minimum absolute atomic E-state index is 0.153. The Kier molecular flexibility index (Phi) is 3.34. The summed E-state index contributed by atoms with van der Waals surface area (Å²) in [5, 5.41) is 8.52. The molecule has 0 fully saturated rings. The van der Waals surface area contributed by atoms with Gasteiger partial charge < -0.3 is 5.32 Å². The highest BCUT2D eigenvalue weighted by Crippen LogP contribution is 2.21. The molecule has 1 amide bonds. The third-order valence-corrected chi connectivity index (χ3v) is 2.73. The van der Waals surface area contributed by atoms with Crippen molar-refractivity contribution in [2.75, 3.05) is 5.32 Å². The number of carbonyl (C=O) groups is 1. The standard InChI is InChI=1S/C11H8BrN3O2/c12-7-3-1-2-4-8(7)13-11(17)9-5-6-10(16)15-14-9/h1-6H,(H,13,17)(H,15,16). The van der Waals surface area contributed by atoms with Crippen molar-refractivity contribution in [3.63, 3.8) is 0 Å². The Labute approximate surface area is 105 Å². The van der Waals surface area contributed by atoms with Gasteiger partial charge in [-0.25, -0.2) is 5.10 Å². The van der Waals surface area contributed by atoms with Gasteiger partial charge in [-0.3, -0.25) is 9.59 Å². The molecule has 0 saturated heterocycles. The molecule has 17 heavy (non-hydrogen) atoms. The molecule has 2 rings (SSSR count). The molecule has 2 aromatic rings. The number of aromatic nitrogens is 2. The van der Waals surface area contributed by atoms with Crippen molar-refractivity contribution in [1.82, 2.24) is 10.2 Å². The van der Waals surface area contributed by atoms with Gasteiger partial charge in [0.25, 0.3) is 11.5 Å². The number of nitrogens with one attached hydrogen (secondary N) is 2. The number of para-hydroxylation sites is 1. The maximum atomic E-state index is 11.8. The number of nitrogens with zero attached hydrogens (tertiary/aromatic N) is 1. The van der Waals surface area contributed by atoms with Crippen LogP contribution in [0.15, 0.2) is 45.7 Å². The summed E-state index contributed by atoms with van der Waals surface area (Å²) >= 11 is 3.32. The number of benzene rings is 1. The fourth-order valence-corrected chi connectivity index (χ4v) is 1.60. The van der Waals surface area contributed by atoms with E-state index in [2.05, 4.69) is 31.4 Å². The SMILES string of the molecule is O=C(Nc1ccccc1Br)c1ccc(=O)[nH]n1. The second-order valence-electron chi connectivity index (χ2n) is 3.24. The number of amides is 1. The largest absolute Gasteiger partial charge is 0.320 e. The Morgan fingerprint density at radius 2 is 2.00 bits per heavy atom. The number of hydrogen-bond donors (Lipinski definition) is 2. The first-order valence-electron chi connectivity index (χ1n) is 4.78. The summed E-state index contributed by atoms with van der Waals surface area (Å²) in [6.45, 7) is 0. The van der Waals surface area contributed by atoms with Gasteiger partial charge in [0, 0.05) is 10.5 Å². The third-order valence-electron chi connectivity index (χ3n) is 2.03. The van der Waals surface area contributed by atoms with E-state index in [0.717, 1.165) is 4.47 Å². The van der Waals surface area contributed by atoms with Crippen LogP contribution in [0.1, 0.15) is 10.5 Å². The summed E-state index contributed by atoms with van der Waals surface area (Å²) < 4.78 is 0.776. The first kappa shape index (κ1) is 11.5. The molecule has 0 radical (unpaired) electrons. The number of rotatable bonds is 2. The highest BCUT2D eigenvalue weighted by molar-refractivity contribution is 9.10. The van der Waals surface area contributed by atoms with Gasteiger partial charge in [0.05, 0.1) is 5.69 Å². The van der Waals surface area contributed by atoms with Crippen molar-refractivity contribution in [3.8, 4) is 0 Å². The molecule has 0 atom stereocenters. The second kappa shape index (κ2) is 4.92. The zero-order valence-electron chi connectivity index (χ0n) is 8.61. The average Bonchev–Trinajstić information content (AvgIpc) is 2.33. The molecule has 0 aliphatic rings.